The van der Waals surface area contributed by atoms with Crippen LogP contribution in [0.1, 0.15) is 18.2 Å². The largest absolute Gasteiger partial charge is 0.497 e. The van der Waals surface area contributed by atoms with E-state index in [0.29, 0.717) is 10.6 Å². The Labute approximate surface area is 171 Å². The third-order valence-electron chi connectivity index (χ3n) is 3.99. The van der Waals surface area contributed by atoms with E-state index in [1.165, 1.54) is 29.4 Å². The molecule has 0 aliphatic rings. The lowest BCUT2D eigenvalue weighted by molar-refractivity contribution is -0.115. The Kier molecular flexibility index (Phi) is 6.29. The minimum absolute atomic E-state index is 0.180. The van der Waals surface area contributed by atoms with Gasteiger partial charge in [0.25, 0.3) is 0 Å². The Morgan fingerprint density at radius 1 is 1.32 bits per heavy atom. The summed E-state index contributed by atoms with van der Waals surface area (Å²) >= 11 is 2.69. The van der Waals surface area contributed by atoms with Gasteiger partial charge in [0.2, 0.25) is 5.91 Å². The average Bonchev–Trinajstić information content (AvgIpc) is 3.10. The van der Waals surface area contributed by atoms with Crippen molar-refractivity contribution in [1.29, 1.82) is 5.26 Å². The molecule has 3 aromatic rings. The number of nitriles is 1. The molecule has 0 bridgehead atoms. The molecule has 1 aromatic carbocycles. The number of anilines is 1. The van der Waals surface area contributed by atoms with Crippen LogP contribution in [0, 0.1) is 18.3 Å². The Balaban J connectivity index is 1.75. The fraction of sp³-hybridized carbons (Fsp3) is 0.200. The minimum Gasteiger partial charge on any atom is -0.497 e. The Bertz CT molecular complexity index is 1030. The predicted molar refractivity (Wildman–Crippen MR) is 112 cm³/mol. The van der Waals surface area contributed by atoms with E-state index in [9.17, 15) is 10.1 Å². The van der Waals surface area contributed by atoms with Crippen LogP contribution in [-0.4, -0.2) is 28.2 Å². The maximum atomic E-state index is 12.6. The van der Waals surface area contributed by atoms with Crippen molar-refractivity contribution in [2.75, 3.05) is 12.4 Å². The van der Waals surface area contributed by atoms with Crippen LogP contribution in [0.3, 0.4) is 0 Å². The van der Waals surface area contributed by atoms with Crippen LogP contribution in [0.2, 0.25) is 0 Å². The van der Waals surface area contributed by atoms with E-state index in [2.05, 4.69) is 21.4 Å². The molecule has 1 atom stereocenters. The molecule has 0 saturated heterocycles. The van der Waals surface area contributed by atoms with Crippen molar-refractivity contribution in [3.8, 4) is 22.9 Å². The number of rotatable bonds is 6. The van der Waals surface area contributed by atoms with Crippen molar-refractivity contribution in [3.05, 3.63) is 53.3 Å². The van der Waals surface area contributed by atoms with Crippen LogP contribution in [0.5, 0.6) is 5.75 Å². The first-order valence-electron chi connectivity index (χ1n) is 8.44. The van der Waals surface area contributed by atoms with Crippen LogP contribution in [0.4, 0.5) is 5.00 Å². The van der Waals surface area contributed by atoms with E-state index in [-0.39, 0.29) is 11.2 Å². The summed E-state index contributed by atoms with van der Waals surface area (Å²) in [6.07, 6.45) is 1.48. The fourth-order valence-electron chi connectivity index (χ4n) is 2.49. The van der Waals surface area contributed by atoms with Gasteiger partial charge in [-0.3, -0.25) is 4.79 Å². The van der Waals surface area contributed by atoms with Crippen molar-refractivity contribution in [2.24, 2.45) is 0 Å². The lowest BCUT2D eigenvalue weighted by Gasteiger charge is -2.11. The number of aromatic nitrogens is 2. The summed E-state index contributed by atoms with van der Waals surface area (Å²) < 4.78 is 5.17. The molecule has 142 valence electrons. The smallest absolute Gasteiger partial charge is 0.238 e. The summed E-state index contributed by atoms with van der Waals surface area (Å²) in [4.78, 5) is 20.8. The van der Waals surface area contributed by atoms with E-state index in [0.717, 1.165) is 27.6 Å². The summed E-state index contributed by atoms with van der Waals surface area (Å²) in [5.74, 6) is 0.567. The predicted octanol–water partition coefficient (Wildman–Crippen LogP) is 4.51. The number of methoxy groups -OCH3 is 1. The van der Waals surface area contributed by atoms with Crippen molar-refractivity contribution in [1.82, 2.24) is 9.97 Å². The molecule has 28 heavy (non-hydrogen) atoms. The zero-order valence-corrected chi connectivity index (χ0v) is 17.2. The Hall–Kier alpha value is -2.89. The first kappa shape index (κ1) is 19.9. The quantitative estimate of drug-likeness (QED) is 0.475. The van der Waals surface area contributed by atoms with Gasteiger partial charge < -0.3 is 10.1 Å². The zero-order valence-electron chi connectivity index (χ0n) is 15.6. The average molecular weight is 411 g/mol. The van der Waals surface area contributed by atoms with E-state index >= 15 is 0 Å². The number of thiophene rings is 1. The first-order valence-corrected chi connectivity index (χ1v) is 10.2. The summed E-state index contributed by atoms with van der Waals surface area (Å²) in [6.45, 7) is 3.68. The molecule has 1 amide bonds. The molecule has 0 saturated carbocycles. The van der Waals surface area contributed by atoms with Crippen LogP contribution >= 0.6 is 23.1 Å². The van der Waals surface area contributed by atoms with Crippen molar-refractivity contribution < 1.29 is 9.53 Å². The number of hydrogen-bond donors (Lipinski definition) is 1. The van der Waals surface area contributed by atoms with Gasteiger partial charge >= 0.3 is 0 Å². The fourth-order valence-corrected chi connectivity index (χ4v) is 4.28. The standard InChI is InChI=1S/C20H18N4O2S2/c1-12-8-18(23-11-22-12)28-13(2)19(25)24-20-16(9-21)17(10-27-20)14-4-6-15(26-3)7-5-14/h4-8,10-11,13H,1-3H3,(H,24,25). The van der Waals surface area contributed by atoms with Gasteiger partial charge in [-0.15, -0.1) is 11.3 Å². The molecule has 6 nitrogen and oxygen atoms in total. The van der Waals surface area contributed by atoms with Gasteiger partial charge in [-0.2, -0.15) is 5.26 Å². The molecule has 2 aromatic heterocycles. The number of ether oxygens (including phenoxy) is 1. The van der Waals surface area contributed by atoms with Crippen LogP contribution in [0.25, 0.3) is 11.1 Å². The topological polar surface area (TPSA) is 87.9 Å². The molecule has 0 spiro atoms. The number of nitrogens with zero attached hydrogens (tertiary/aromatic N) is 3. The number of carbonyl (C=O) groups excluding carboxylic acids is 1. The summed E-state index contributed by atoms with van der Waals surface area (Å²) in [6, 6.07) is 11.5. The van der Waals surface area contributed by atoms with Crippen molar-refractivity contribution in [2.45, 2.75) is 24.1 Å². The molecule has 8 heteroatoms. The number of thioether (sulfide) groups is 1. The minimum atomic E-state index is -0.368. The molecule has 1 N–H and O–H groups in total. The lowest BCUT2D eigenvalue weighted by atomic mass is 10.0. The van der Waals surface area contributed by atoms with E-state index < -0.39 is 0 Å². The van der Waals surface area contributed by atoms with Crippen LogP contribution < -0.4 is 10.1 Å². The van der Waals surface area contributed by atoms with E-state index in [4.69, 9.17) is 4.74 Å². The third kappa shape index (κ3) is 4.50. The molecule has 0 aliphatic carbocycles. The van der Waals surface area contributed by atoms with Crippen molar-refractivity contribution in [3.63, 3.8) is 0 Å². The highest BCUT2D eigenvalue weighted by Crippen LogP contribution is 2.36. The third-order valence-corrected chi connectivity index (χ3v) is 5.91. The Morgan fingerprint density at radius 3 is 2.71 bits per heavy atom. The summed E-state index contributed by atoms with van der Waals surface area (Å²) in [5, 5.41) is 15.3. The summed E-state index contributed by atoms with van der Waals surface area (Å²) in [7, 11) is 1.61. The normalized spacial score (nSPS) is 11.5. The molecule has 2 heterocycles. The maximum absolute atomic E-state index is 12.6. The number of carbonyl (C=O) groups is 1. The number of hydrogen-bond acceptors (Lipinski definition) is 7. The number of aryl methyl sites for hydroxylation is 1. The van der Waals surface area contributed by atoms with Gasteiger partial charge in [0.1, 0.15) is 28.2 Å². The van der Waals surface area contributed by atoms with Gasteiger partial charge in [0.05, 0.1) is 17.9 Å². The lowest BCUT2D eigenvalue weighted by Crippen LogP contribution is -2.22. The second-order valence-electron chi connectivity index (χ2n) is 5.94. The summed E-state index contributed by atoms with van der Waals surface area (Å²) in [5.41, 5.74) is 2.99. The van der Waals surface area contributed by atoms with Gasteiger partial charge in [-0.1, -0.05) is 23.9 Å². The van der Waals surface area contributed by atoms with Gasteiger partial charge in [0.15, 0.2) is 0 Å². The number of nitrogens with one attached hydrogen (secondary N) is 1. The molecule has 3 rings (SSSR count). The molecule has 1 unspecified atom stereocenters. The second kappa shape index (κ2) is 8.87. The van der Waals surface area contributed by atoms with Gasteiger partial charge in [-0.25, -0.2) is 9.97 Å². The highest BCUT2D eigenvalue weighted by Gasteiger charge is 2.20. The van der Waals surface area contributed by atoms with Crippen LogP contribution in [0.15, 0.2) is 47.1 Å². The molecule has 0 radical (unpaired) electrons. The van der Waals surface area contributed by atoms with Gasteiger partial charge in [-0.05, 0) is 37.6 Å². The van der Waals surface area contributed by atoms with E-state index in [1.807, 2.05) is 49.6 Å². The second-order valence-corrected chi connectivity index (χ2v) is 8.18. The first-order chi connectivity index (χ1) is 13.5. The maximum Gasteiger partial charge on any atom is 0.238 e. The zero-order chi connectivity index (χ0) is 20.1. The van der Waals surface area contributed by atoms with Crippen molar-refractivity contribution >= 4 is 34.0 Å². The highest BCUT2D eigenvalue weighted by atomic mass is 32.2. The van der Waals surface area contributed by atoms with Gasteiger partial charge in [0, 0.05) is 16.6 Å². The number of amides is 1. The molecule has 0 aliphatic heterocycles. The number of benzene rings is 1. The molecule has 0 fully saturated rings. The molecular formula is C20H18N4O2S2. The van der Waals surface area contributed by atoms with Crippen LogP contribution in [-0.2, 0) is 4.79 Å². The Morgan fingerprint density at radius 2 is 2.07 bits per heavy atom. The van der Waals surface area contributed by atoms with E-state index in [1.54, 1.807) is 7.11 Å². The SMILES string of the molecule is COc1ccc(-c2csc(NC(=O)C(C)Sc3cc(C)ncn3)c2C#N)cc1. The highest BCUT2D eigenvalue weighted by molar-refractivity contribution is 8.00. The monoisotopic (exact) mass is 410 g/mol. The molecular weight excluding hydrogens is 392 g/mol.